The summed E-state index contributed by atoms with van der Waals surface area (Å²) < 4.78 is 0. The van der Waals surface area contributed by atoms with Gasteiger partial charge in [0.1, 0.15) is 0 Å². The number of thiophene rings is 1. The molecule has 5 heteroatoms. The summed E-state index contributed by atoms with van der Waals surface area (Å²) in [5.74, 6) is -0.764. The summed E-state index contributed by atoms with van der Waals surface area (Å²) in [4.78, 5) is 26.6. The van der Waals surface area contributed by atoms with E-state index in [0.29, 0.717) is 13.0 Å². The van der Waals surface area contributed by atoms with Gasteiger partial charge in [0.15, 0.2) is 0 Å². The van der Waals surface area contributed by atoms with Crippen molar-refractivity contribution in [2.45, 2.75) is 32.2 Å². The van der Waals surface area contributed by atoms with Gasteiger partial charge in [0.05, 0.1) is 5.56 Å². The van der Waals surface area contributed by atoms with Gasteiger partial charge in [-0.05, 0) is 54.0 Å². The molecule has 120 valence electrons. The first-order valence-electron chi connectivity index (χ1n) is 7.79. The summed E-state index contributed by atoms with van der Waals surface area (Å²) in [6, 6.07) is 9.34. The Balaban J connectivity index is 1.58. The van der Waals surface area contributed by atoms with Crippen LogP contribution in [0.4, 0.5) is 0 Å². The molecule has 0 unspecified atom stereocenters. The molecule has 1 aromatic heterocycles. The van der Waals surface area contributed by atoms with Gasteiger partial charge >= 0.3 is 5.97 Å². The van der Waals surface area contributed by atoms with Crippen LogP contribution >= 0.6 is 11.3 Å². The lowest BCUT2D eigenvalue weighted by molar-refractivity contribution is -0.132. The van der Waals surface area contributed by atoms with Gasteiger partial charge in [0, 0.05) is 24.4 Å². The van der Waals surface area contributed by atoms with E-state index in [9.17, 15) is 9.59 Å². The van der Waals surface area contributed by atoms with Crippen molar-refractivity contribution < 1.29 is 14.7 Å². The summed E-state index contributed by atoms with van der Waals surface area (Å²) in [7, 11) is 0. The number of carboxylic acid groups (broad SMARTS) is 1. The largest absolute Gasteiger partial charge is 0.478 e. The molecule has 0 radical (unpaired) electrons. The summed E-state index contributed by atoms with van der Waals surface area (Å²) in [6.07, 6.45) is 3.15. The maximum absolute atomic E-state index is 12.4. The molecule has 2 aromatic rings. The molecule has 0 fully saturated rings. The van der Waals surface area contributed by atoms with Crippen molar-refractivity contribution in [3.05, 3.63) is 57.3 Å². The van der Waals surface area contributed by atoms with Crippen LogP contribution in [-0.4, -0.2) is 28.4 Å². The Morgan fingerprint density at radius 2 is 2.09 bits per heavy atom. The number of carbonyl (C=O) groups is 2. The van der Waals surface area contributed by atoms with Crippen LogP contribution in [0.2, 0.25) is 0 Å². The minimum Gasteiger partial charge on any atom is -0.478 e. The molecule has 0 saturated heterocycles. The average molecular weight is 329 g/mol. The SMILES string of the molecule is O=C(O)c1ccc2c(c1)CN(C(=O)CCCc1cccs1)CC2. The maximum Gasteiger partial charge on any atom is 0.335 e. The summed E-state index contributed by atoms with van der Waals surface area (Å²) >= 11 is 1.72. The average Bonchev–Trinajstić information content (AvgIpc) is 3.07. The summed E-state index contributed by atoms with van der Waals surface area (Å²) in [6.45, 7) is 1.24. The van der Waals surface area contributed by atoms with Crippen molar-refractivity contribution in [2.75, 3.05) is 6.54 Å². The smallest absolute Gasteiger partial charge is 0.335 e. The Labute approximate surface area is 139 Å². The van der Waals surface area contributed by atoms with Crippen LogP contribution in [0.3, 0.4) is 0 Å². The lowest BCUT2D eigenvalue weighted by Crippen LogP contribution is -2.36. The van der Waals surface area contributed by atoms with Crippen LogP contribution < -0.4 is 0 Å². The van der Waals surface area contributed by atoms with Crippen LogP contribution in [0.1, 0.15) is 39.2 Å². The highest BCUT2D eigenvalue weighted by atomic mass is 32.1. The summed E-state index contributed by atoms with van der Waals surface area (Å²) in [5, 5.41) is 11.1. The number of carboxylic acids is 1. The Morgan fingerprint density at radius 3 is 2.83 bits per heavy atom. The van der Waals surface area contributed by atoms with Crippen molar-refractivity contribution in [1.29, 1.82) is 0 Å². The molecule has 23 heavy (non-hydrogen) atoms. The van der Waals surface area contributed by atoms with E-state index in [2.05, 4.69) is 11.4 Å². The highest BCUT2D eigenvalue weighted by Crippen LogP contribution is 2.22. The predicted octanol–water partition coefficient (Wildman–Crippen LogP) is 3.35. The second-order valence-electron chi connectivity index (χ2n) is 5.79. The van der Waals surface area contributed by atoms with Crippen LogP contribution in [0.5, 0.6) is 0 Å². The molecule has 3 rings (SSSR count). The number of hydrogen-bond donors (Lipinski definition) is 1. The molecule has 0 bridgehead atoms. The lowest BCUT2D eigenvalue weighted by Gasteiger charge is -2.29. The quantitative estimate of drug-likeness (QED) is 0.915. The van der Waals surface area contributed by atoms with Gasteiger partial charge in [-0.3, -0.25) is 4.79 Å². The zero-order chi connectivity index (χ0) is 16.2. The Morgan fingerprint density at radius 1 is 1.22 bits per heavy atom. The van der Waals surface area contributed by atoms with Gasteiger partial charge in [-0.25, -0.2) is 4.79 Å². The number of aromatic carboxylic acids is 1. The highest BCUT2D eigenvalue weighted by Gasteiger charge is 2.21. The number of carbonyl (C=O) groups excluding carboxylic acids is 1. The molecule has 0 saturated carbocycles. The fourth-order valence-electron chi connectivity index (χ4n) is 2.93. The first-order chi connectivity index (χ1) is 11.1. The number of fused-ring (bicyclic) bond motifs is 1. The van der Waals surface area contributed by atoms with E-state index in [4.69, 9.17) is 5.11 Å². The van der Waals surface area contributed by atoms with Gasteiger partial charge in [-0.15, -0.1) is 11.3 Å². The third-order valence-electron chi connectivity index (χ3n) is 4.21. The first-order valence-corrected chi connectivity index (χ1v) is 8.66. The molecule has 0 aliphatic carbocycles. The first kappa shape index (κ1) is 15.7. The second-order valence-corrected chi connectivity index (χ2v) is 6.82. The molecule has 1 N–H and O–H groups in total. The Kier molecular flexibility index (Phi) is 4.76. The van der Waals surface area contributed by atoms with E-state index >= 15 is 0 Å². The van der Waals surface area contributed by atoms with E-state index in [1.54, 1.807) is 23.5 Å². The van der Waals surface area contributed by atoms with Crippen molar-refractivity contribution in [2.24, 2.45) is 0 Å². The predicted molar refractivity (Wildman–Crippen MR) is 89.8 cm³/mol. The third kappa shape index (κ3) is 3.79. The van der Waals surface area contributed by atoms with E-state index in [0.717, 1.165) is 36.9 Å². The van der Waals surface area contributed by atoms with Crippen molar-refractivity contribution in [3.63, 3.8) is 0 Å². The van der Waals surface area contributed by atoms with Gasteiger partial charge in [0.2, 0.25) is 5.91 Å². The van der Waals surface area contributed by atoms with E-state index < -0.39 is 5.97 Å². The zero-order valence-corrected chi connectivity index (χ0v) is 13.6. The molecule has 4 nitrogen and oxygen atoms in total. The van der Waals surface area contributed by atoms with E-state index in [1.165, 1.54) is 4.88 Å². The number of nitrogens with zero attached hydrogens (tertiary/aromatic N) is 1. The normalized spacial score (nSPS) is 13.7. The molecular weight excluding hydrogens is 310 g/mol. The maximum atomic E-state index is 12.4. The number of benzene rings is 1. The zero-order valence-electron chi connectivity index (χ0n) is 12.8. The number of aryl methyl sites for hydroxylation is 1. The molecule has 1 aliphatic rings. The monoisotopic (exact) mass is 329 g/mol. The third-order valence-corrected chi connectivity index (χ3v) is 5.15. The number of rotatable bonds is 5. The Hall–Kier alpha value is -2.14. The van der Waals surface area contributed by atoms with E-state index in [1.807, 2.05) is 17.0 Å². The van der Waals surface area contributed by atoms with E-state index in [-0.39, 0.29) is 11.5 Å². The topological polar surface area (TPSA) is 57.6 Å². The van der Waals surface area contributed by atoms with Gasteiger partial charge in [0.25, 0.3) is 0 Å². The molecule has 1 aliphatic heterocycles. The number of hydrogen-bond acceptors (Lipinski definition) is 3. The highest BCUT2D eigenvalue weighted by molar-refractivity contribution is 7.09. The molecule has 0 atom stereocenters. The van der Waals surface area contributed by atoms with Crippen molar-refractivity contribution in [1.82, 2.24) is 4.90 Å². The minimum absolute atomic E-state index is 0.160. The number of amides is 1. The van der Waals surface area contributed by atoms with Crippen molar-refractivity contribution in [3.8, 4) is 0 Å². The fourth-order valence-corrected chi connectivity index (χ4v) is 3.68. The molecule has 0 spiro atoms. The van der Waals surface area contributed by atoms with Gasteiger partial charge in [-0.1, -0.05) is 12.1 Å². The molecule has 2 heterocycles. The second kappa shape index (κ2) is 6.96. The standard InChI is InChI=1S/C18H19NO3S/c20-17(5-1-3-16-4-2-10-23-16)19-9-8-13-6-7-14(18(21)22)11-15(13)12-19/h2,4,6-7,10-11H,1,3,5,8-9,12H2,(H,21,22). The molecule has 1 amide bonds. The molecule has 1 aromatic carbocycles. The van der Waals surface area contributed by atoms with Gasteiger partial charge in [-0.2, -0.15) is 0 Å². The Bertz CT molecular complexity index is 709. The van der Waals surface area contributed by atoms with Crippen LogP contribution in [-0.2, 0) is 24.2 Å². The van der Waals surface area contributed by atoms with Crippen LogP contribution in [0.15, 0.2) is 35.7 Å². The summed E-state index contributed by atoms with van der Waals surface area (Å²) in [5.41, 5.74) is 2.40. The molecular formula is C18H19NO3S. The lowest BCUT2D eigenvalue weighted by atomic mass is 9.97. The van der Waals surface area contributed by atoms with Crippen LogP contribution in [0.25, 0.3) is 0 Å². The van der Waals surface area contributed by atoms with Gasteiger partial charge < -0.3 is 10.0 Å². The fraction of sp³-hybridized carbons (Fsp3) is 0.333. The van der Waals surface area contributed by atoms with Crippen LogP contribution in [0, 0.1) is 0 Å². The minimum atomic E-state index is -0.924. The van der Waals surface area contributed by atoms with Crippen molar-refractivity contribution >= 4 is 23.2 Å².